The maximum absolute atomic E-state index is 11.5. The van der Waals surface area contributed by atoms with Gasteiger partial charge in [-0.2, -0.15) is 0 Å². The second-order valence-corrected chi connectivity index (χ2v) is 4.50. The molecule has 1 atom stereocenters. The Hall–Kier alpha value is -0.820. The van der Waals surface area contributed by atoms with Crippen molar-refractivity contribution in [2.24, 2.45) is 0 Å². The van der Waals surface area contributed by atoms with Crippen molar-refractivity contribution in [2.45, 2.75) is 58.0 Å². The molecule has 1 unspecified atom stereocenters. The minimum absolute atomic E-state index is 0.323. The minimum atomic E-state index is -0.323. The van der Waals surface area contributed by atoms with Gasteiger partial charge < -0.3 is 0 Å². The normalized spacial score (nSPS) is 12.6. The summed E-state index contributed by atoms with van der Waals surface area (Å²) < 4.78 is 0. The third kappa shape index (κ3) is 5.92. The monoisotopic (exact) mass is 219 g/mol. The molecule has 1 aromatic carbocycles. The van der Waals surface area contributed by atoms with Crippen molar-refractivity contribution in [1.82, 2.24) is 0 Å². The van der Waals surface area contributed by atoms with Crippen LogP contribution in [-0.4, -0.2) is 6.10 Å². The zero-order valence-corrected chi connectivity index (χ0v) is 10.3. The first kappa shape index (κ1) is 13.2. The molecule has 0 aliphatic heterocycles. The summed E-state index contributed by atoms with van der Waals surface area (Å²) in [6.45, 7) is 2.14. The van der Waals surface area contributed by atoms with Gasteiger partial charge in [-0.05, 0) is 31.2 Å². The molecule has 0 amide bonds. The van der Waals surface area contributed by atoms with Crippen LogP contribution >= 0.6 is 0 Å². The molecular weight excluding hydrogens is 196 g/mol. The van der Waals surface area contributed by atoms with Gasteiger partial charge in [0.1, 0.15) is 0 Å². The van der Waals surface area contributed by atoms with E-state index in [1.165, 1.54) is 5.56 Å². The summed E-state index contributed by atoms with van der Waals surface area (Å²) in [5.74, 6) is 0. The van der Waals surface area contributed by atoms with E-state index < -0.39 is 0 Å². The third-order valence-corrected chi connectivity index (χ3v) is 2.96. The van der Waals surface area contributed by atoms with Gasteiger partial charge in [-0.15, -0.1) is 0 Å². The Bertz CT molecular complexity index is 255. The van der Waals surface area contributed by atoms with Crippen molar-refractivity contribution in [1.29, 1.82) is 0 Å². The van der Waals surface area contributed by atoms with Gasteiger partial charge in [0.25, 0.3) is 0 Å². The van der Waals surface area contributed by atoms with Gasteiger partial charge >= 0.3 is 0 Å². The molecule has 89 valence electrons. The highest BCUT2D eigenvalue weighted by Crippen LogP contribution is 2.11. The van der Waals surface area contributed by atoms with Crippen molar-refractivity contribution in [3.63, 3.8) is 0 Å². The van der Waals surface area contributed by atoms with Crippen LogP contribution in [0, 0.1) is 0 Å². The van der Waals surface area contributed by atoms with Gasteiger partial charge in [-0.25, -0.2) is 5.11 Å². The molecule has 0 aromatic heterocycles. The van der Waals surface area contributed by atoms with Gasteiger partial charge in [0.15, 0.2) is 0 Å². The summed E-state index contributed by atoms with van der Waals surface area (Å²) in [5, 5.41) is 11.5. The topological polar surface area (TPSA) is 19.9 Å². The average molecular weight is 219 g/mol. The van der Waals surface area contributed by atoms with Crippen LogP contribution in [0.2, 0.25) is 0 Å². The van der Waals surface area contributed by atoms with Crippen LogP contribution in [0.5, 0.6) is 0 Å². The molecule has 0 bridgehead atoms. The SMILES string of the molecule is CCCCC([O])CCCCc1ccccc1. The molecule has 1 nitrogen and oxygen atoms in total. The van der Waals surface area contributed by atoms with Gasteiger partial charge in [0, 0.05) is 0 Å². The molecule has 0 N–H and O–H groups in total. The molecule has 0 aliphatic rings. The van der Waals surface area contributed by atoms with Crippen LogP contribution < -0.4 is 0 Å². The maximum atomic E-state index is 11.5. The molecule has 1 heteroatoms. The van der Waals surface area contributed by atoms with E-state index in [0.717, 1.165) is 44.9 Å². The van der Waals surface area contributed by atoms with E-state index in [2.05, 4.69) is 31.2 Å². The number of benzene rings is 1. The fourth-order valence-electron chi connectivity index (χ4n) is 1.92. The molecule has 0 saturated heterocycles. The summed E-state index contributed by atoms with van der Waals surface area (Å²) in [6, 6.07) is 10.5. The average Bonchev–Trinajstić information content (AvgIpc) is 2.33. The molecule has 0 fully saturated rings. The minimum Gasteiger partial charge on any atom is -0.233 e. The van der Waals surface area contributed by atoms with Crippen molar-refractivity contribution < 1.29 is 5.11 Å². The highest BCUT2D eigenvalue weighted by molar-refractivity contribution is 5.14. The number of unbranched alkanes of at least 4 members (excludes halogenated alkanes) is 2. The molecule has 0 aliphatic carbocycles. The summed E-state index contributed by atoms with van der Waals surface area (Å²) >= 11 is 0. The standard InChI is InChI=1S/C15H23O/c1-2-3-12-15(16)13-8-7-11-14-9-5-4-6-10-14/h4-6,9-10,15H,2-3,7-8,11-13H2,1H3. The second kappa shape index (κ2) is 8.35. The lowest BCUT2D eigenvalue weighted by atomic mass is 10.0. The first-order chi connectivity index (χ1) is 7.83. The van der Waals surface area contributed by atoms with Crippen LogP contribution in [0.4, 0.5) is 0 Å². The molecule has 0 heterocycles. The molecule has 1 rings (SSSR count). The lowest BCUT2D eigenvalue weighted by Crippen LogP contribution is -2.04. The van der Waals surface area contributed by atoms with Gasteiger partial charge in [0.05, 0.1) is 6.10 Å². The van der Waals surface area contributed by atoms with Crippen molar-refractivity contribution in [3.05, 3.63) is 35.9 Å². The second-order valence-electron chi connectivity index (χ2n) is 4.50. The fraction of sp³-hybridized carbons (Fsp3) is 0.600. The Morgan fingerprint density at radius 1 is 1.00 bits per heavy atom. The summed E-state index contributed by atoms with van der Waals surface area (Å²) in [6.07, 6.45) is 6.96. The van der Waals surface area contributed by atoms with E-state index in [-0.39, 0.29) is 6.10 Å². The third-order valence-electron chi connectivity index (χ3n) is 2.96. The Morgan fingerprint density at radius 2 is 1.69 bits per heavy atom. The Labute approximate surface area is 99.5 Å². The van der Waals surface area contributed by atoms with Gasteiger partial charge in [-0.1, -0.05) is 56.5 Å². The largest absolute Gasteiger partial charge is 0.233 e. The van der Waals surface area contributed by atoms with E-state index in [0.29, 0.717) is 0 Å². The Morgan fingerprint density at radius 3 is 2.38 bits per heavy atom. The number of hydrogen-bond acceptors (Lipinski definition) is 0. The van der Waals surface area contributed by atoms with Crippen LogP contribution in [0.25, 0.3) is 0 Å². The predicted molar refractivity (Wildman–Crippen MR) is 68.0 cm³/mol. The summed E-state index contributed by atoms with van der Waals surface area (Å²) in [5.41, 5.74) is 1.39. The Kier molecular flexibility index (Phi) is 6.91. The number of aryl methyl sites for hydroxylation is 1. The fourth-order valence-corrected chi connectivity index (χ4v) is 1.92. The summed E-state index contributed by atoms with van der Waals surface area (Å²) in [7, 11) is 0. The highest BCUT2D eigenvalue weighted by Gasteiger charge is 2.04. The van der Waals surface area contributed by atoms with Crippen molar-refractivity contribution in [2.75, 3.05) is 0 Å². The summed E-state index contributed by atoms with van der Waals surface area (Å²) in [4.78, 5) is 0. The van der Waals surface area contributed by atoms with Crippen LogP contribution in [0.1, 0.15) is 51.0 Å². The maximum Gasteiger partial charge on any atom is 0.0930 e. The first-order valence-electron chi connectivity index (χ1n) is 6.52. The van der Waals surface area contributed by atoms with E-state index in [9.17, 15) is 5.11 Å². The van der Waals surface area contributed by atoms with Crippen molar-refractivity contribution in [3.8, 4) is 0 Å². The van der Waals surface area contributed by atoms with E-state index in [4.69, 9.17) is 0 Å². The first-order valence-corrected chi connectivity index (χ1v) is 6.52. The molecule has 1 radical (unpaired) electrons. The van der Waals surface area contributed by atoms with Crippen molar-refractivity contribution >= 4 is 0 Å². The zero-order chi connectivity index (χ0) is 11.6. The number of hydrogen-bond donors (Lipinski definition) is 0. The Balaban J connectivity index is 2.03. The molecule has 0 spiro atoms. The molecule has 16 heavy (non-hydrogen) atoms. The smallest absolute Gasteiger partial charge is 0.0930 e. The lowest BCUT2D eigenvalue weighted by molar-refractivity contribution is 0.0695. The van der Waals surface area contributed by atoms with E-state index in [1.54, 1.807) is 0 Å². The van der Waals surface area contributed by atoms with Crippen LogP contribution in [0.3, 0.4) is 0 Å². The van der Waals surface area contributed by atoms with Gasteiger partial charge in [-0.3, -0.25) is 0 Å². The predicted octanol–water partition coefficient (Wildman–Crippen LogP) is 4.39. The lowest BCUT2D eigenvalue weighted by Gasteiger charge is -2.07. The zero-order valence-electron chi connectivity index (χ0n) is 10.3. The van der Waals surface area contributed by atoms with E-state index in [1.807, 2.05) is 6.07 Å². The molecule has 1 aromatic rings. The molecular formula is C15H23O. The molecule has 0 saturated carbocycles. The van der Waals surface area contributed by atoms with Crippen LogP contribution in [-0.2, 0) is 11.5 Å². The van der Waals surface area contributed by atoms with E-state index >= 15 is 0 Å². The quantitative estimate of drug-likeness (QED) is 0.578. The van der Waals surface area contributed by atoms with Crippen LogP contribution in [0.15, 0.2) is 30.3 Å². The highest BCUT2D eigenvalue weighted by atomic mass is 16.3. The number of rotatable bonds is 8. The van der Waals surface area contributed by atoms with Gasteiger partial charge in [0.2, 0.25) is 0 Å².